The molecule has 1 saturated heterocycles. The van der Waals surface area contributed by atoms with Gasteiger partial charge in [0.1, 0.15) is 11.2 Å². The maximum absolute atomic E-state index is 6.32. The zero-order chi connectivity index (χ0) is 25.7. The summed E-state index contributed by atoms with van der Waals surface area (Å²) in [4.78, 5) is 0. The van der Waals surface area contributed by atoms with Gasteiger partial charge < -0.3 is 13.7 Å². The first-order valence-corrected chi connectivity index (χ1v) is 13.2. The molecule has 1 aliphatic heterocycles. The maximum Gasteiger partial charge on any atom is 0.494 e. The highest BCUT2D eigenvalue weighted by Crippen LogP contribution is 2.47. The van der Waals surface area contributed by atoms with Gasteiger partial charge in [-0.3, -0.25) is 0 Å². The van der Waals surface area contributed by atoms with E-state index >= 15 is 0 Å². The zero-order valence-electron chi connectivity index (χ0n) is 22.9. The summed E-state index contributed by atoms with van der Waals surface area (Å²) in [5.41, 5.74) is 7.93. The molecule has 1 fully saturated rings. The second kappa shape index (κ2) is 7.49. The number of furan rings is 1. The monoisotopic (exact) mass is 480 g/mol. The zero-order valence-corrected chi connectivity index (χ0v) is 22.9. The number of hydrogen-bond donors (Lipinski definition) is 0. The number of rotatable bonds is 2. The molecule has 186 valence electrons. The van der Waals surface area contributed by atoms with Crippen molar-refractivity contribution in [2.75, 3.05) is 0 Å². The van der Waals surface area contributed by atoms with Crippen LogP contribution >= 0.6 is 0 Å². The lowest BCUT2D eigenvalue weighted by molar-refractivity contribution is 0.00578. The predicted molar refractivity (Wildman–Crippen MR) is 150 cm³/mol. The fraction of sp³-hybridized carbons (Fsp3) is 0.438. The van der Waals surface area contributed by atoms with Crippen LogP contribution in [0.3, 0.4) is 0 Å². The molecule has 1 aliphatic carbocycles. The summed E-state index contributed by atoms with van der Waals surface area (Å²) in [6.07, 6.45) is 2.44. The van der Waals surface area contributed by atoms with Gasteiger partial charge >= 0.3 is 7.12 Å². The van der Waals surface area contributed by atoms with E-state index in [9.17, 15) is 0 Å². The minimum absolute atomic E-state index is 0.186. The fourth-order valence-electron chi connectivity index (χ4n) is 5.87. The van der Waals surface area contributed by atoms with Crippen molar-refractivity contribution in [1.29, 1.82) is 0 Å². The lowest BCUT2D eigenvalue weighted by atomic mass is 9.63. The predicted octanol–water partition coefficient (Wildman–Crippen LogP) is 7.90. The van der Waals surface area contributed by atoms with Crippen LogP contribution in [0.2, 0.25) is 0 Å². The Kier molecular flexibility index (Phi) is 4.96. The third-order valence-corrected chi connectivity index (χ3v) is 9.20. The molecule has 4 aromatic rings. The van der Waals surface area contributed by atoms with Gasteiger partial charge in [-0.15, -0.1) is 0 Å². The van der Waals surface area contributed by atoms with Gasteiger partial charge in [-0.1, -0.05) is 64.1 Å². The highest BCUT2D eigenvalue weighted by atomic mass is 16.7. The van der Waals surface area contributed by atoms with Crippen molar-refractivity contribution >= 4 is 34.5 Å². The number of benzene rings is 3. The van der Waals surface area contributed by atoms with Crippen molar-refractivity contribution in [3.8, 4) is 11.1 Å². The first-order valence-electron chi connectivity index (χ1n) is 13.2. The van der Waals surface area contributed by atoms with Gasteiger partial charge in [0, 0.05) is 10.8 Å². The van der Waals surface area contributed by atoms with Crippen molar-refractivity contribution in [2.45, 2.75) is 90.3 Å². The van der Waals surface area contributed by atoms with Crippen LogP contribution in [0.4, 0.5) is 0 Å². The Morgan fingerprint density at radius 3 is 1.78 bits per heavy atom. The quantitative estimate of drug-likeness (QED) is 0.273. The highest BCUT2D eigenvalue weighted by Gasteiger charge is 2.51. The first kappa shape index (κ1) is 23.8. The lowest BCUT2D eigenvalue weighted by Gasteiger charge is -2.42. The van der Waals surface area contributed by atoms with E-state index in [4.69, 9.17) is 13.7 Å². The molecule has 0 amide bonds. The molecular formula is C32H37BO3. The summed E-state index contributed by atoms with van der Waals surface area (Å²) in [6, 6.07) is 19.9. The molecule has 2 heterocycles. The molecule has 3 aromatic carbocycles. The molecule has 0 saturated carbocycles. The van der Waals surface area contributed by atoms with Crippen molar-refractivity contribution in [3.63, 3.8) is 0 Å². The Morgan fingerprint density at radius 1 is 0.583 bits per heavy atom. The SMILES string of the molecule is CC1(C)CCC(C)(C)c2cc(-c3ccc4oc5ccc(B6OC(C)(C)C(C)(C)O6)cc5c4c3)ccc21. The van der Waals surface area contributed by atoms with Crippen LogP contribution in [0.1, 0.15) is 79.4 Å². The van der Waals surface area contributed by atoms with Crippen molar-refractivity contribution in [3.05, 3.63) is 65.7 Å². The largest absolute Gasteiger partial charge is 0.494 e. The summed E-state index contributed by atoms with van der Waals surface area (Å²) in [7, 11) is -0.390. The Morgan fingerprint density at radius 2 is 1.11 bits per heavy atom. The topological polar surface area (TPSA) is 31.6 Å². The maximum atomic E-state index is 6.32. The van der Waals surface area contributed by atoms with Crippen molar-refractivity contribution in [2.24, 2.45) is 0 Å². The van der Waals surface area contributed by atoms with Gasteiger partial charge in [-0.2, -0.15) is 0 Å². The standard InChI is InChI=1S/C32H37BO3/c1-29(2)15-16-30(3,4)26-18-21(9-12-25(26)29)20-10-13-27-23(17-20)24-19-22(11-14-28(24)34-27)33-35-31(5,6)32(7,8)36-33/h9-14,17-19H,15-16H2,1-8H3. The summed E-state index contributed by atoms with van der Waals surface area (Å²) in [5.74, 6) is 0. The second-order valence-electron chi connectivity index (χ2n) is 13.2. The van der Waals surface area contributed by atoms with Crippen molar-refractivity contribution < 1.29 is 13.7 Å². The molecule has 0 N–H and O–H groups in total. The van der Waals surface area contributed by atoms with Gasteiger partial charge in [-0.25, -0.2) is 0 Å². The summed E-state index contributed by atoms with van der Waals surface area (Å²) >= 11 is 0. The molecule has 0 atom stereocenters. The Bertz CT molecular complexity index is 1490. The molecule has 1 aromatic heterocycles. The van der Waals surface area contributed by atoms with Gasteiger partial charge in [0.25, 0.3) is 0 Å². The number of fused-ring (bicyclic) bond motifs is 4. The smallest absolute Gasteiger partial charge is 0.456 e. The molecule has 4 heteroatoms. The third kappa shape index (κ3) is 3.56. The van der Waals surface area contributed by atoms with Crippen LogP contribution in [0.15, 0.2) is 59.0 Å². The van der Waals surface area contributed by atoms with E-state index in [0.29, 0.717) is 0 Å². The second-order valence-corrected chi connectivity index (χ2v) is 13.2. The Hall–Kier alpha value is -2.56. The molecule has 2 aliphatic rings. The van der Waals surface area contributed by atoms with E-state index in [1.807, 2.05) is 6.07 Å². The normalized spacial score (nSPS) is 21.7. The van der Waals surface area contributed by atoms with Gasteiger partial charge in [0.15, 0.2) is 0 Å². The number of hydrogen-bond acceptors (Lipinski definition) is 3. The van der Waals surface area contributed by atoms with Gasteiger partial charge in [0.2, 0.25) is 0 Å². The van der Waals surface area contributed by atoms with Gasteiger partial charge in [0.05, 0.1) is 11.2 Å². The molecular weight excluding hydrogens is 443 g/mol. The molecule has 3 nitrogen and oxygen atoms in total. The van der Waals surface area contributed by atoms with Crippen LogP contribution in [0.25, 0.3) is 33.1 Å². The average Bonchev–Trinajstić information content (AvgIpc) is 3.28. The van der Waals surface area contributed by atoms with E-state index < -0.39 is 7.12 Å². The first-order chi connectivity index (χ1) is 16.8. The Balaban J connectivity index is 1.44. The van der Waals surface area contributed by atoms with Crippen LogP contribution in [0, 0.1) is 0 Å². The summed E-state index contributed by atoms with van der Waals surface area (Å²) in [5, 5.41) is 2.22. The molecule has 0 spiro atoms. The van der Waals surface area contributed by atoms with E-state index in [0.717, 1.165) is 27.4 Å². The lowest BCUT2D eigenvalue weighted by Crippen LogP contribution is -2.41. The van der Waals surface area contributed by atoms with E-state index in [1.54, 1.807) is 0 Å². The van der Waals surface area contributed by atoms with Crippen LogP contribution in [-0.4, -0.2) is 18.3 Å². The molecule has 0 unspecified atom stereocenters. The van der Waals surface area contributed by atoms with E-state index in [1.165, 1.54) is 35.1 Å². The summed E-state index contributed by atoms with van der Waals surface area (Å²) < 4.78 is 18.8. The van der Waals surface area contributed by atoms with Crippen LogP contribution < -0.4 is 5.46 Å². The van der Waals surface area contributed by atoms with Crippen molar-refractivity contribution in [1.82, 2.24) is 0 Å². The molecule has 0 radical (unpaired) electrons. The molecule has 0 bridgehead atoms. The minimum Gasteiger partial charge on any atom is -0.456 e. The van der Waals surface area contributed by atoms with E-state index in [-0.39, 0.29) is 22.0 Å². The highest BCUT2D eigenvalue weighted by molar-refractivity contribution is 6.62. The van der Waals surface area contributed by atoms with Crippen LogP contribution in [0.5, 0.6) is 0 Å². The summed E-state index contributed by atoms with van der Waals surface area (Å²) in [6.45, 7) is 17.9. The fourth-order valence-corrected chi connectivity index (χ4v) is 5.87. The molecule has 6 rings (SSSR count). The Labute approximate surface area is 215 Å². The third-order valence-electron chi connectivity index (χ3n) is 9.20. The van der Waals surface area contributed by atoms with Crippen LogP contribution in [-0.2, 0) is 20.1 Å². The minimum atomic E-state index is -0.390. The molecule has 36 heavy (non-hydrogen) atoms. The average molecular weight is 480 g/mol. The van der Waals surface area contributed by atoms with Gasteiger partial charge in [-0.05, 0) is 97.3 Å². The van der Waals surface area contributed by atoms with E-state index in [2.05, 4.69) is 104 Å².